The van der Waals surface area contributed by atoms with E-state index >= 15 is 0 Å². The number of para-hydroxylation sites is 2. The van der Waals surface area contributed by atoms with Gasteiger partial charge in [-0.2, -0.15) is 0 Å². The van der Waals surface area contributed by atoms with Crippen molar-refractivity contribution in [3.63, 3.8) is 0 Å². The van der Waals surface area contributed by atoms with Crippen molar-refractivity contribution in [3.8, 4) is 5.69 Å². The van der Waals surface area contributed by atoms with Crippen LogP contribution in [-0.4, -0.2) is 14.7 Å². The number of hydrogen-bond acceptors (Lipinski definition) is 3. The summed E-state index contributed by atoms with van der Waals surface area (Å²) in [7, 11) is 0. The molecule has 0 spiro atoms. The molecule has 0 bridgehead atoms. The number of rotatable bonds is 2. The Hall–Kier alpha value is -2.37. The van der Waals surface area contributed by atoms with Gasteiger partial charge < -0.3 is 0 Å². The third-order valence-corrected chi connectivity index (χ3v) is 2.69. The van der Waals surface area contributed by atoms with Gasteiger partial charge in [-0.15, -0.1) is 0 Å². The monoisotopic (exact) mass is 233 g/mol. The molecule has 2 rings (SSSR count). The number of aromatic nitrogens is 2. The fraction of sp³-hybridized carbons (Fsp3) is 0.182. The van der Waals surface area contributed by atoms with Gasteiger partial charge in [0.15, 0.2) is 0 Å². The first kappa shape index (κ1) is 11.1. The highest BCUT2D eigenvalue weighted by atomic mass is 16.6. The standard InChI is InChI=1S/C11H11N3O3/c1-7-8(2)12-13(11(7)15)9-5-3-4-6-10(9)14(16)17/h3-6,12H,1-2H3. The lowest BCUT2D eigenvalue weighted by Gasteiger charge is -2.02. The van der Waals surface area contributed by atoms with Gasteiger partial charge in [-0.1, -0.05) is 12.1 Å². The molecule has 1 aromatic carbocycles. The van der Waals surface area contributed by atoms with Gasteiger partial charge >= 0.3 is 0 Å². The number of aryl methyl sites for hydroxylation is 1. The fourth-order valence-electron chi connectivity index (χ4n) is 1.61. The molecule has 6 nitrogen and oxygen atoms in total. The molecular formula is C11H11N3O3. The second kappa shape index (κ2) is 3.89. The van der Waals surface area contributed by atoms with Crippen molar-refractivity contribution in [3.05, 3.63) is 56.0 Å². The van der Waals surface area contributed by atoms with Crippen molar-refractivity contribution >= 4 is 5.69 Å². The Kier molecular flexibility index (Phi) is 2.55. The highest BCUT2D eigenvalue weighted by Crippen LogP contribution is 2.20. The van der Waals surface area contributed by atoms with Gasteiger partial charge in [0.25, 0.3) is 11.2 Å². The molecule has 2 aromatic rings. The summed E-state index contributed by atoms with van der Waals surface area (Å²) in [6.45, 7) is 3.43. The van der Waals surface area contributed by atoms with Crippen molar-refractivity contribution in [2.75, 3.05) is 0 Å². The predicted molar refractivity (Wildman–Crippen MR) is 62.5 cm³/mol. The maximum absolute atomic E-state index is 11.9. The van der Waals surface area contributed by atoms with E-state index in [1.807, 2.05) is 0 Å². The normalized spacial score (nSPS) is 10.5. The highest BCUT2D eigenvalue weighted by Gasteiger charge is 2.17. The van der Waals surface area contributed by atoms with E-state index in [0.29, 0.717) is 11.3 Å². The molecule has 0 saturated heterocycles. The third kappa shape index (κ3) is 1.73. The Morgan fingerprint density at radius 1 is 1.29 bits per heavy atom. The Balaban J connectivity index is 2.73. The molecule has 0 aliphatic heterocycles. The zero-order valence-electron chi connectivity index (χ0n) is 9.43. The van der Waals surface area contributed by atoms with E-state index < -0.39 is 4.92 Å². The molecule has 1 N–H and O–H groups in total. The first-order valence-corrected chi connectivity index (χ1v) is 5.04. The Bertz CT molecular complexity index is 640. The first-order chi connectivity index (χ1) is 8.02. The molecule has 0 atom stereocenters. The van der Waals surface area contributed by atoms with Crippen LogP contribution in [0.4, 0.5) is 5.69 Å². The second-order valence-electron chi connectivity index (χ2n) is 3.75. The summed E-state index contributed by atoms with van der Waals surface area (Å²) in [5, 5.41) is 13.7. The minimum atomic E-state index is -0.507. The summed E-state index contributed by atoms with van der Waals surface area (Å²) in [5.41, 5.74) is 1.14. The van der Waals surface area contributed by atoms with E-state index in [-0.39, 0.29) is 16.9 Å². The van der Waals surface area contributed by atoms with Gasteiger partial charge in [0.2, 0.25) is 0 Å². The smallest absolute Gasteiger partial charge is 0.294 e. The molecule has 88 valence electrons. The third-order valence-electron chi connectivity index (χ3n) is 2.69. The molecule has 0 saturated carbocycles. The van der Waals surface area contributed by atoms with E-state index in [1.165, 1.54) is 16.8 Å². The summed E-state index contributed by atoms with van der Waals surface area (Å²) < 4.78 is 1.20. The summed E-state index contributed by atoms with van der Waals surface area (Å²) in [4.78, 5) is 22.2. The molecule has 6 heteroatoms. The highest BCUT2D eigenvalue weighted by molar-refractivity contribution is 5.51. The summed E-state index contributed by atoms with van der Waals surface area (Å²) >= 11 is 0. The van der Waals surface area contributed by atoms with Crippen molar-refractivity contribution in [2.45, 2.75) is 13.8 Å². The van der Waals surface area contributed by atoms with Crippen LogP contribution in [0.5, 0.6) is 0 Å². The van der Waals surface area contributed by atoms with Crippen LogP contribution < -0.4 is 5.56 Å². The zero-order chi connectivity index (χ0) is 12.6. The molecule has 17 heavy (non-hydrogen) atoms. The molecule has 0 radical (unpaired) electrons. The van der Waals surface area contributed by atoms with E-state index in [4.69, 9.17) is 0 Å². The molecule has 0 unspecified atom stereocenters. The lowest BCUT2D eigenvalue weighted by Crippen LogP contribution is -2.17. The van der Waals surface area contributed by atoms with E-state index in [2.05, 4.69) is 5.10 Å². The number of hydrogen-bond donors (Lipinski definition) is 1. The van der Waals surface area contributed by atoms with Gasteiger partial charge in [0.05, 0.1) is 4.92 Å². The molecule has 0 aliphatic carbocycles. The van der Waals surface area contributed by atoms with Crippen molar-refractivity contribution < 1.29 is 4.92 Å². The van der Waals surface area contributed by atoms with Crippen molar-refractivity contribution in [1.82, 2.24) is 9.78 Å². The average molecular weight is 233 g/mol. The number of H-pyrrole nitrogens is 1. The zero-order valence-corrected chi connectivity index (χ0v) is 9.43. The van der Waals surface area contributed by atoms with E-state index in [9.17, 15) is 14.9 Å². The van der Waals surface area contributed by atoms with Gasteiger partial charge in [0.1, 0.15) is 5.69 Å². The van der Waals surface area contributed by atoms with Gasteiger partial charge in [-0.25, -0.2) is 4.68 Å². The molecule has 1 heterocycles. The average Bonchev–Trinajstić information content (AvgIpc) is 2.57. The first-order valence-electron chi connectivity index (χ1n) is 5.04. The van der Waals surface area contributed by atoms with E-state index in [1.54, 1.807) is 26.0 Å². The summed E-state index contributed by atoms with van der Waals surface area (Å²) in [6.07, 6.45) is 0. The Labute approximate surface area is 96.6 Å². The van der Waals surface area contributed by atoms with Crippen LogP contribution in [0.2, 0.25) is 0 Å². The lowest BCUT2D eigenvalue weighted by atomic mass is 10.2. The van der Waals surface area contributed by atoms with Crippen LogP contribution in [0.15, 0.2) is 29.1 Å². The number of benzene rings is 1. The fourth-order valence-corrected chi connectivity index (χ4v) is 1.61. The predicted octanol–water partition coefficient (Wildman–Crippen LogP) is 1.69. The number of nitro groups is 1. The van der Waals surface area contributed by atoms with Crippen LogP contribution in [0.3, 0.4) is 0 Å². The summed E-state index contributed by atoms with van der Waals surface area (Å²) in [6, 6.07) is 6.12. The number of aromatic amines is 1. The lowest BCUT2D eigenvalue weighted by molar-refractivity contribution is -0.384. The topological polar surface area (TPSA) is 80.9 Å². The van der Waals surface area contributed by atoms with E-state index in [0.717, 1.165) is 0 Å². The maximum atomic E-state index is 11.9. The quantitative estimate of drug-likeness (QED) is 0.633. The molecule has 0 fully saturated rings. The molecular weight excluding hydrogens is 222 g/mol. The number of nitrogens with zero attached hydrogens (tertiary/aromatic N) is 2. The number of nitrogens with one attached hydrogen (secondary N) is 1. The van der Waals surface area contributed by atoms with Gasteiger partial charge in [0, 0.05) is 17.3 Å². The Morgan fingerprint density at radius 2 is 1.94 bits per heavy atom. The molecule has 0 aliphatic rings. The van der Waals surface area contributed by atoms with Crippen molar-refractivity contribution in [1.29, 1.82) is 0 Å². The van der Waals surface area contributed by atoms with Gasteiger partial charge in [-0.3, -0.25) is 20.0 Å². The maximum Gasteiger partial charge on any atom is 0.294 e. The molecule has 1 aromatic heterocycles. The van der Waals surface area contributed by atoms with Crippen LogP contribution >= 0.6 is 0 Å². The SMILES string of the molecule is Cc1[nH]n(-c2ccccc2[N+](=O)[O-])c(=O)c1C. The summed E-state index contributed by atoms with van der Waals surface area (Å²) in [5.74, 6) is 0. The minimum absolute atomic E-state index is 0.101. The minimum Gasteiger partial charge on any atom is -0.295 e. The van der Waals surface area contributed by atoms with Crippen LogP contribution in [0.25, 0.3) is 5.69 Å². The largest absolute Gasteiger partial charge is 0.295 e. The van der Waals surface area contributed by atoms with Crippen LogP contribution in [-0.2, 0) is 0 Å². The van der Waals surface area contributed by atoms with Gasteiger partial charge in [-0.05, 0) is 19.9 Å². The van der Waals surface area contributed by atoms with Crippen LogP contribution in [0.1, 0.15) is 11.3 Å². The van der Waals surface area contributed by atoms with Crippen molar-refractivity contribution in [2.24, 2.45) is 0 Å². The Morgan fingerprint density at radius 3 is 2.47 bits per heavy atom. The molecule has 0 amide bonds. The number of nitro benzene ring substituents is 1. The van der Waals surface area contributed by atoms with Crippen LogP contribution in [0, 0.1) is 24.0 Å². The second-order valence-corrected chi connectivity index (χ2v) is 3.75.